The lowest BCUT2D eigenvalue weighted by atomic mass is 9.91. The summed E-state index contributed by atoms with van der Waals surface area (Å²) in [7, 11) is 0. The molecule has 1 saturated heterocycles. The minimum atomic E-state index is -0.549. The summed E-state index contributed by atoms with van der Waals surface area (Å²) in [6, 6.07) is 15.9. The first-order valence-corrected chi connectivity index (χ1v) is 16.2. The predicted molar refractivity (Wildman–Crippen MR) is 164 cm³/mol. The normalized spacial score (nSPS) is 20.3. The van der Waals surface area contributed by atoms with Gasteiger partial charge in [0.2, 0.25) is 11.8 Å². The molecule has 11 heteroatoms. The van der Waals surface area contributed by atoms with Gasteiger partial charge in [-0.05, 0) is 36.5 Å². The van der Waals surface area contributed by atoms with Crippen LogP contribution < -0.4 is 10.6 Å². The summed E-state index contributed by atoms with van der Waals surface area (Å²) < 4.78 is 14.0. The molecule has 0 unspecified atom stereocenters. The number of carbonyl (C=O) groups is 2. The number of unbranched alkanes of at least 4 members (excludes halogenated alkanes) is 2. The van der Waals surface area contributed by atoms with Crippen LogP contribution in [0.3, 0.4) is 0 Å². The third-order valence-electron chi connectivity index (χ3n) is 7.20. The second kappa shape index (κ2) is 16.1. The molecule has 226 valence electrons. The number of aromatic nitrogens is 2. The predicted octanol–water partition coefficient (Wildman–Crippen LogP) is 5.24. The molecule has 4 rings (SSSR count). The molecule has 2 amide bonds. The molecule has 9 nitrogen and oxygen atoms in total. The molecule has 0 aliphatic carbocycles. The highest BCUT2D eigenvalue weighted by atomic mass is 32.2. The van der Waals surface area contributed by atoms with E-state index in [9.17, 15) is 14.7 Å². The molecule has 1 aliphatic rings. The van der Waals surface area contributed by atoms with Crippen molar-refractivity contribution < 1.29 is 24.2 Å². The Hall–Kier alpha value is -2.83. The number of hydrogen-bond donors (Lipinski definition) is 3. The van der Waals surface area contributed by atoms with Gasteiger partial charge in [-0.15, -0.1) is 10.2 Å². The van der Waals surface area contributed by atoms with Crippen LogP contribution >= 0.6 is 23.1 Å². The number of nitrogens with one attached hydrogen (secondary N) is 2. The van der Waals surface area contributed by atoms with Crippen LogP contribution in [-0.4, -0.2) is 45.5 Å². The highest BCUT2D eigenvalue weighted by molar-refractivity contribution is 8.01. The summed E-state index contributed by atoms with van der Waals surface area (Å²) in [6.45, 7) is 6.70. The van der Waals surface area contributed by atoms with Crippen molar-refractivity contribution >= 4 is 34.9 Å². The van der Waals surface area contributed by atoms with Gasteiger partial charge in [0.1, 0.15) is 5.01 Å². The zero-order valence-electron chi connectivity index (χ0n) is 24.4. The van der Waals surface area contributed by atoms with Crippen LogP contribution in [0.15, 0.2) is 52.9 Å². The van der Waals surface area contributed by atoms with Crippen molar-refractivity contribution in [1.82, 2.24) is 20.8 Å². The summed E-state index contributed by atoms with van der Waals surface area (Å²) in [5.41, 5.74) is 3.81. The second-order valence-corrected chi connectivity index (χ2v) is 13.0. The van der Waals surface area contributed by atoms with Gasteiger partial charge in [-0.3, -0.25) is 9.59 Å². The highest BCUT2D eigenvalue weighted by Crippen LogP contribution is 2.43. The van der Waals surface area contributed by atoms with Gasteiger partial charge in [0, 0.05) is 43.7 Å². The minimum Gasteiger partial charge on any atom is -0.392 e. The molecule has 2 aromatic carbocycles. The highest BCUT2D eigenvalue weighted by Gasteiger charge is 2.38. The summed E-state index contributed by atoms with van der Waals surface area (Å²) in [5, 5.41) is 24.6. The number of amides is 2. The van der Waals surface area contributed by atoms with E-state index in [1.165, 1.54) is 6.92 Å². The van der Waals surface area contributed by atoms with Crippen LogP contribution in [0.25, 0.3) is 0 Å². The second-order valence-electron chi connectivity index (χ2n) is 10.5. The molecule has 3 N–H and O–H groups in total. The van der Waals surface area contributed by atoms with Gasteiger partial charge in [-0.25, -0.2) is 0 Å². The summed E-state index contributed by atoms with van der Waals surface area (Å²) >= 11 is 3.23. The smallest absolute Gasteiger partial charge is 0.220 e. The number of ether oxygens (including phenoxy) is 2. The van der Waals surface area contributed by atoms with Crippen LogP contribution in [-0.2, 0) is 32.2 Å². The SMILES string of the molecule is CC(=O)NCCCCCC(=O)NCc1ccc([C@@H]2O[C@H](CSc3nnc(C)s3)[C@H](C)[C@H](c3ccc(CO)cc3)O2)cc1. The Morgan fingerprint density at radius 2 is 1.67 bits per heavy atom. The molecule has 0 spiro atoms. The average molecular weight is 613 g/mol. The van der Waals surface area contributed by atoms with E-state index in [4.69, 9.17) is 9.47 Å². The standard InChI is InChI=1S/C31H40N4O5S2/c1-20-27(19-41-31-35-34-22(3)42-31)39-30(40-29(20)25-12-10-24(18-36)11-13-25)26-14-8-23(9-15-26)17-33-28(38)7-5-4-6-16-32-21(2)37/h8-15,20,27,29-30,36H,4-7,16-19H2,1-3H3,(H,32,37)(H,33,38)/t20-,27+,29+,30+/m0/s1. The van der Waals surface area contributed by atoms with Crippen molar-refractivity contribution in [2.24, 2.45) is 5.92 Å². The molecule has 42 heavy (non-hydrogen) atoms. The first kappa shape index (κ1) is 32.1. The van der Waals surface area contributed by atoms with Gasteiger partial charge in [0.25, 0.3) is 0 Å². The van der Waals surface area contributed by atoms with Crippen molar-refractivity contribution in [3.63, 3.8) is 0 Å². The fraction of sp³-hybridized carbons (Fsp3) is 0.484. The summed E-state index contributed by atoms with van der Waals surface area (Å²) in [4.78, 5) is 23.2. The number of benzene rings is 2. The van der Waals surface area contributed by atoms with Gasteiger partial charge in [0.05, 0.1) is 18.8 Å². The molecule has 1 aromatic heterocycles. The molecule has 3 aromatic rings. The van der Waals surface area contributed by atoms with Crippen molar-refractivity contribution in [2.45, 2.75) is 82.4 Å². The average Bonchev–Trinajstić information content (AvgIpc) is 3.42. The van der Waals surface area contributed by atoms with Crippen molar-refractivity contribution in [2.75, 3.05) is 12.3 Å². The number of thioether (sulfide) groups is 1. The maximum atomic E-state index is 12.3. The molecule has 0 bridgehead atoms. The fourth-order valence-corrected chi connectivity index (χ4v) is 6.74. The topological polar surface area (TPSA) is 123 Å². The Morgan fingerprint density at radius 3 is 2.33 bits per heavy atom. The van der Waals surface area contributed by atoms with Gasteiger partial charge in [0.15, 0.2) is 10.6 Å². The quantitative estimate of drug-likeness (QED) is 0.167. The van der Waals surface area contributed by atoms with E-state index in [0.29, 0.717) is 19.5 Å². The maximum absolute atomic E-state index is 12.3. The summed E-state index contributed by atoms with van der Waals surface area (Å²) in [6.07, 6.45) is 2.21. The number of nitrogens with zero attached hydrogens (tertiary/aromatic N) is 2. The van der Waals surface area contributed by atoms with Crippen LogP contribution in [0.4, 0.5) is 0 Å². The fourth-order valence-electron chi connectivity index (χ4n) is 4.73. The van der Waals surface area contributed by atoms with Crippen LogP contribution in [0.5, 0.6) is 0 Å². The van der Waals surface area contributed by atoms with Gasteiger partial charge < -0.3 is 25.2 Å². The van der Waals surface area contributed by atoms with Gasteiger partial charge in [-0.1, -0.05) is 85.0 Å². The summed E-state index contributed by atoms with van der Waals surface area (Å²) in [5.74, 6) is 0.801. The van der Waals surface area contributed by atoms with Gasteiger partial charge in [-0.2, -0.15) is 0 Å². The van der Waals surface area contributed by atoms with E-state index in [2.05, 4.69) is 27.8 Å². The largest absolute Gasteiger partial charge is 0.392 e. The first-order valence-electron chi connectivity index (χ1n) is 14.4. The molecule has 0 saturated carbocycles. The molecule has 1 fully saturated rings. The van der Waals surface area contributed by atoms with Crippen molar-refractivity contribution in [1.29, 1.82) is 0 Å². The zero-order chi connectivity index (χ0) is 29.9. The molecular weight excluding hydrogens is 572 g/mol. The zero-order valence-corrected chi connectivity index (χ0v) is 26.0. The minimum absolute atomic E-state index is 0.000359. The number of carbonyl (C=O) groups excluding carboxylic acids is 2. The number of rotatable bonds is 14. The number of aliphatic hydroxyl groups excluding tert-OH is 1. The number of aryl methyl sites for hydroxylation is 1. The lowest BCUT2D eigenvalue weighted by molar-refractivity contribution is -0.268. The number of hydrogen-bond acceptors (Lipinski definition) is 9. The van der Waals surface area contributed by atoms with E-state index in [1.54, 1.807) is 23.1 Å². The monoisotopic (exact) mass is 612 g/mol. The Kier molecular flexibility index (Phi) is 12.3. The molecule has 1 aliphatic heterocycles. The lowest BCUT2D eigenvalue weighted by Gasteiger charge is -2.41. The Bertz CT molecular complexity index is 1290. The van der Waals surface area contributed by atoms with E-state index in [1.807, 2.05) is 55.5 Å². The molecule has 2 heterocycles. The Balaban J connectivity index is 1.35. The lowest BCUT2D eigenvalue weighted by Crippen LogP contribution is -2.38. The van der Waals surface area contributed by atoms with Crippen molar-refractivity contribution in [3.8, 4) is 0 Å². The van der Waals surface area contributed by atoms with Crippen LogP contribution in [0.2, 0.25) is 0 Å². The van der Waals surface area contributed by atoms with Crippen LogP contribution in [0.1, 0.15) is 79.2 Å². The Labute approximate surface area is 255 Å². The number of aliphatic hydroxyl groups is 1. The van der Waals surface area contributed by atoms with Gasteiger partial charge >= 0.3 is 0 Å². The molecule has 0 radical (unpaired) electrons. The van der Waals surface area contributed by atoms with Crippen molar-refractivity contribution in [3.05, 3.63) is 75.8 Å². The molecule has 4 atom stereocenters. The maximum Gasteiger partial charge on any atom is 0.220 e. The van der Waals surface area contributed by atoms with E-state index in [-0.39, 0.29) is 36.5 Å². The van der Waals surface area contributed by atoms with E-state index < -0.39 is 6.29 Å². The third-order valence-corrected chi connectivity index (χ3v) is 9.26. The van der Waals surface area contributed by atoms with Crippen LogP contribution in [0, 0.1) is 12.8 Å². The molecular formula is C31H40N4O5S2. The van der Waals surface area contributed by atoms with E-state index >= 15 is 0 Å². The third kappa shape index (κ3) is 9.60. The first-order chi connectivity index (χ1) is 20.3. The Morgan fingerprint density at radius 1 is 0.952 bits per heavy atom. The van der Waals surface area contributed by atoms with E-state index in [0.717, 1.165) is 56.6 Å².